The van der Waals surface area contributed by atoms with Crippen molar-refractivity contribution in [3.8, 4) is 0 Å². The maximum atomic E-state index is 12.2. The van der Waals surface area contributed by atoms with Gasteiger partial charge in [-0.2, -0.15) is 0 Å². The first kappa shape index (κ1) is 14.4. The Labute approximate surface area is 130 Å². The number of ether oxygens (including phenoxy) is 1. The number of Topliss-reactive ketones (excluding diaryl/α,β-unsaturated/α-hetero) is 1. The zero-order valence-corrected chi connectivity index (χ0v) is 12.5. The summed E-state index contributed by atoms with van der Waals surface area (Å²) in [5, 5.41) is 4.75. The molecule has 1 saturated carbocycles. The van der Waals surface area contributed by atoms with Crippen LogP contribution in [0.25, 0.3) is 0 Å². The number of oxime groups is 1. The highest BCUT2D eigenvalue weighted by molar-refractivity contribution is 6.41. The summed E-state index contributed by atoms with van der Waals surface area (Å²) in [5.41, 5.74) is 0.889. The number of ketones is 1. The van der Waals surface area contributed by atoms with Crippen molar-refractivity contribution in [3.63, 3.8) is 0 Å². The number of nitrogens with zero attached hydrogens (tertiary/aromatic N) is 1. The Morgan fingerprint density at radius 2 is 2.05 bits per heavy atom. The average Bonchev–Trinajstić information content (AvgIpc) is 2.93. The van der Waals surface area contributed by atoms with Crippen LogP contribution in [0.15, 0.2) is 23.4 Å². The van der Waals surface area contributed by atoms with Gasteiger partial charge in [0.15, 0.2) is 6.10 Å². The Balaban J connectivity index is 1.94. The third kappa shape index (κ3) is 2.40. The zero-order chi connectivity index (χ0) is 15.1. The maximum absolute atomic E-state index is 12.2. The molecule has 1 heterocycles. The second kappa shape index (κ2) is 5.31. The molecule has 0 bridgehead atoms. The summed E-state index contributed by atoms with van der Waals surface area (Å²) in [6, 6.07) is 5.04. The quantitative estimate of drug-likeness (QED) is 0.783. The summed E-state index contributed by atoms with van der Waals surface area (Å²) in [6.45, 7) is 1.29. The van der Waals surface area contributed by atoms with Crippen LogP contribution >= 0.6 is 23.2 Å². The lowest BCUT2D eigenvalue weighted by Crippen LogP contribution is -2.31. The number of hydrogen-bond donors (Lipinski definition) is 0. The number of rotatable bonds is 2. The molecule has 110 valence electrons. The van der Waals surface area contributed by atoms with E-state index in [-0.39, 0.29) is 12.2 Å². The van der Waals surface area contributed by atoms with Gasteiger partial charge in [-0.3, -0.25) is 9.59 Å². The van der Waals surface area contributed by atoms with E-state index >= 15 is 0 Å². The van der Waals surface area contributed by atoms with Gasteiger partial charge in [0.05, 0.1) is 10.0 Å². The third-order valence-corrected chi connectivity index (χ3v) is 4.18. The molecule has 0 amide bonds. The number of esters is 1. The van der Waals surface area contributed by atoms with Crippen LogP contribution in [0.3, 0.4) is 0 Å². The van der Waals surface area contributed by atoms with Gasteiger partial charge in [-0.1, -0.05) is 34.4 Å². The van der Waals surface area contributed by atoms with Gasteiger partial charge in [-0.25, -0.2) is 0 Å². The number of halogens is 2. The van der Waals surface area contributed by atoms with E-state index in [9.17, 15) is 9.59 Å². The number of benzene rings is 1. The number of hydrogen-bond acceptors (Lipinski definition) is 5. The molecule has 0 N–H and O–H groups in total. The predicted octanol–water partition coefficient (Wildman–Crippen LogP) is 2.62. The summed E-state index contributed by atoms with van der Waals surface area (Å²) in [6.07, 6.45) is -1.12. The number of carbonyl (C=O) groups excluding carboxylic acids is 2. The summed E-state index contributed by atoms with van der Waals surface area (Å²) in [5.74, 6) is -1.16. The molecular formula is C14H11Cl2NO4. The minimum atomic E-state index is -0.623. The van der Waals surface area contributed by atoms with E-state index in [0.717, 1.165) is 0 Å². The largest absolute Gasteiger partial charge is 0.458 e. The molecule has 0 unspecified atom stereocenters. The molecule has 1 fully saturated rings. The highest BCUT2D eigenvalue weighted by Gasteiger charge is 2.53. The Hall–Kier alpha value is -1.59. The molecule has 1 aromatic rings. The second-order valence-corrected chi connectivity index (χ2v) is 5.75. The Bertz CT molecular complexity index is 638. The second-order valence-electron chi connectivity index (χ2n) is 4.94. The maximum Gasteiger partial charge on any atom is 0.303 e. The van der Waals surface area contributed by atoms with Crippen LogP contribution in [0.4, 0.5) is 0 Å². The van der Waals surface area contributed by atoms with Crippen LogP contribution in [0.1, 0.15) is 18.9 Å². The lowest BCUT2D eigenvalue weighted by Gasteiger charge is -2.15. The molecule has 7 heteroatoms. The van der Waals surface area contributed by atoms with Crippen LogP contribution in [0.5, 0.6) is 0 Å². The summed E-state index contributed by atoms with van der Waals surface area (Å²) >= 11 is 12.3. The molecule has 0 spiro atoms. The van der Waals surface area contributed by atoms with Crippen molar-refractivity contribution in [1.82, 2.24) is 0 Å². The monoisotopic (exact) mass is 327 g/mol. The summed E-state index contributed by atoms with van der Waals surface area (Å²) < 4.78 is 5.12. The lowest BCUT2D eigenvalue weighted by molar-refractivity contribution is -0.152. The van der Waals surface area contributed by atoms with E-state index in [2.05, 4.69) is 5.16 Å². The highest BCUT2D eigenvalue weighted by Crippen LogP contribution is 2.39. The summed E-state index contributed by atoms with van der Waals surface area (Å²) in [7, 11) is 0. The predicted molar refractivity (Wildman–Crippen MR) is 76.5 cm³/mol. The molecule has 3 rings (SSSR count). The fraction of sp³-hybridized carbons (Fsp3) is 0.357. The minimum absolute atomic E-state index is 0.0986. The van der Waals surface area contributed by atoms with Crippen LogP contribution in [-0.4, -0.2) is 29.7 Å². The van der Waals surface area contributed by atoms with E-state index in [0.29, 0.717) is 21.3 Å². The standard InChI is InChI=1S/C14H11Cl2NO4/c1-6(18)20-10-5-9(19)12-13(17-21-14(10)12)11-7(15)3-2-4-8(11)16/h2-4,10,12,14H,5H2,1H3/t10-,12+,14+/m0/s1. The van der Waals surface area contributed by atoms with Crippen molar-refractivity contribution in [2.45, 2.75) is 25.6 Å². The van der Waals surface area contributed by atoms with Gasteiger partial charge >= 0.3 is 5.97 Å². The Morgan fingerprint density at radius 3 is 2.67 bits per heavy atom. The van der Waals surface area contributed by atoms with E-state index in [1.807, 2.05) is 0 Å². The van der Waals surface area contributed by atoms with Gasteiger partial charge in [-0.05, 0) is 12.1 Å². The molecule has 0 saturated heterocycles. The molecule has 21 heavy (non-hydrogen) atoms. The van der Waals surface area contributed by atoms with Crippen molar-refractivity contribution in [3.05, 3.63) is 33.8 Å². The van der Waals surface area contributed by atoms with Gasteiger partial charge < -0.3 is 9.57 Å². The van der Waals surface area contributed by atoms with Crippen molar-refractivity contribution in [2.75, 3.05) is 0 Å². The van der Waals surface area contributed by atoms with Gasteiger partial charge in [-0.15, -0.1) is 0 Å². The average molecular weight is 328 g/mol. The minimum Gasteiger partial charge on any atom is -0.458 e. The lowest BCUT2D eigenvalue weighted by atomic mass is 9.93. The summed E-state index contributed by atoms with van der Waals surface area (Å²) in [4.78, 5) is 28.6. The molecule has 5 nitrogen and oxygen atoms in total. The third-order valence-electron chi connectivity index (χ3n) is 3.55. The molecular weight excluding hydrogens is 317 g/mol. The fourth-order valence-electron chi connectivity index (χ4n) is 2.72. The van der Waals surface area contributed by atoms with Gasteiger partial charge in [0.1, 0.15) is 23.5 Å². The Kier molecular flexibility index (Phi) is 3.63. The van der Waals surface area contributed by atoms with E-state index in [1.54, 1.807) is 18.2 Å². The number of carbonyl (C=O) groups is 2. The van der Waals surface area contributed by atoms with Crippen molar-refractivity contribution >= 4 is 40.7 Å². The molecule has 1 aliphatic carbocycles. The van der Waals surface area contributed by atoms with Crippen molar-refractivity contribution in [1.29, 1.82) is 0 Å². The first-order valence-electron chi connectivity index (χ1n) is 6.37. The van der Waals surface area contributed by atoms with Gasteiger partial charge in [0, 0.05) is 18.9 Å². The molecule has 0 aromatic heterocycles. The van der Waals surface area contributed by atoms with E-state index in [1.165, 1.54) is 6.92 Å². The van der Waals surface area contributed by atoms with Crippen molar-refractivity contribution < 1.29 is 19.2 Å². The topological polar surface area (TPSA) is 65.0 Å². The SMILES string of the molecule is CC(=O)O[C@H]1CC(=O)[C@@H]2C(c3c(Cl)cccc3Cl)=NO[C@@H]21. The molecule has 0 radical (unpaired) electrons. The first-order chi connectivity index (χ1) is 9.99. The highest BCUT2D eigenvalue weighted by atomic mass is 35.5. The zero-order valence-electron chi connectivity index (χ0n) is 11.0. The van der Waals surface area contributed by atoms with Crippen LogP contribution in [0.2, 0.25) is 10.0 Å². The van der Waals surface area contributed by atoms with Crippen LogP contribution < -0.4 is 0 Å². The van der Waals surface area contributed by atoms with E-state index in [4.69, 9.17) is 32.8 Å². The normalized spacial score (nSPS) is 27.1. The molecule has 1 aromatic carbocycles. The van der Waals surface area contributed by atoms with Gasteiger partial charge in [0.2, 0.25) is 0 Å². The fourth-order valence-corrected chi connectivity index (χ4v) is 3.31. The van der Waals surface area contributed by atoms with E-state index < -0.39 is 24.1 Å². The van der Waals surface area contributed by atoms with Gasteiger partial charge in [0.25, 0.3) is 0 Å². The Morgan fingerprint density at radius 1 is 1.38 bits per heavy atom. The molecule has 2 aliphatic rings. The van der Waals surface area contributed by atoms with Crippen LogP contribution in [-0.2, 0) is 19.2 Å². The van der Waals surface area contributed by atoms with Crippen molar-refractivity contribution in [2.24, 2.45) is 11.1 Å². The smallest absolute Gasteiger partial charge is 0.303 e. The molecule has 3 atom stereocenters. The first-order valence-corrected chi connectivity index (χ1v) is 7.12. The van der Waals surface area contributed by atoms with Crippen LogP contribution in [0, 0.1) is 5.92 Å². The molecule has 1 aliphatic heterocycles. The number of fused-ring (bicyclic) bond motifs is 1.